The summed E-state index contributed by atoms with van der Waals surface area (Å²) in [5, 5.41) is 0. The monoisotopic (exact) mass is 311 g/mol. The zero-order chi connectivity index (χ0) is 15.6. The van der Waals surface area contributed by atoms with Crippen LogP contribution in [0.5, 0.6) is 5.75 Å². The second-order valence-electron chi connectivity index (χ2n) is 6.12. The lowest BCUT2D eigenvalue weighted by atomic mass is 10.1. The Balaban J connectivity index is 2.23. The van der Waals surface area contributed by atoms with Gasteiger partial charge in [0.2, 0.25) is 10.0 Å². The first kappa shape index (κ1) is 16.3. The van der Waals surface area contributed by atoms with Crippen LogP contribution in [0, 0.1) is 5.92 Å². The van der Waals surface area contributed by atoms with Crippen molar-refractivity contribution in [1.29, 1.82) is 0 Å². The zero-order valence-electron chi connectivity index (χ0n) is 13.2. The van der Waals surface area contributed by atoms with Crippen LogP contribution in [0.15, 0.2) is 29.2 Å². The average molecular weight is 311 g/mol. The highest BCUT2D eigenvalue weighted by atomic mass is 32.2. The molecule has 118 valence electrons. The van der Waals surface area contributed by atoms with Crippen LogP contribution in [-0.2, 0) is 10.0 Å². The maximum atomic E-state index is 12.8. The normalized spacial score (nSPS) is 23.7. The van der Waals surface area contributed by atoms with Crippen LogP contribution in [-0.4, -0.2) is 31.4 Å². The molecule has 1 aliphatic heterocycles. The van der Waals surface area contributed by atoms with Gasteiger partial charge in [-0.05, 0) is 56.9 Å². The first-order valence-electron chi connectivity index (χ1n) is 7.63. The molecule has 0 bridgehead atoms. The molecule has 0 aliphatic carbocycles. The van der Waals surface area contributed by atoms with Gasteiger partial charge in [-0.15, -0.1) is 0 Å². The molecule has 0 amide bonds. The minimum Gasteiger partial charge on any atom is -0.491 e. The van der Waals surface area contributed by atoms with Gasteiger partial charge in [-0.2, -0.15) is 4.31 Å². The Bertz CT molecular complexity index is 566. The fraction of sp³-hybridized carbons (Fsp3) is 0.625. The smallest absolute Gasteiger partial charge is 0.243 e. The van der Waals surface area contributed by atoms with E-state index in [4.69, 9.17) is 4.74 Å². The molecule has 0 radical (unpaired) electrons. The SMILES string of the molecule is CC[C@H]1C[C@H](C)CN1S(=O)(=O)c1ccc(OC(C)C)cc1. The molecular weight excluding hydrogens is 286 g/mol. The van der Waals surface area contributed by atoms with E-state index < -0.39 is 10.0 Å². The number of hydrogen-bond donors (Lipinski definition) is 0. The molecule has 0 unspecified atom stereocenters. The van der Waals surface area contributed by atoms with Crippen molar-refractivity contribution in [3.05, 3.63) is 24.3 Å². The fourth-order valence-corrected chi connectivity index (χ4v) is 4.70. The number of benzene rings is 1. The fourth-order valence-electron chi connectivity index (χ4n) is 2.88. The largest absolute Gasteiger partial charge is 0.491 e. The highest BCUT2D eigenvalue weighted by Crippen LogP contribution is 2.31. The molecule has 1 aliphatic rings. The Kier molecular flexibility index (Phi) is 4.94. The van der Waals surface area contributed by atoms with E-state index >= 15 is 0 Å². The van der Waals surface area contributed by atoms with Crippen molar-refractivity contribution in [3.8, 4) is 5.75 Å². The average Bonchev–Trinajstić information content (AvgIpc) is 2.80. The summed E-state index contributed by atoms with van der Waals surface area (Å²) in [5.41, 5.74) is 0. The number of rotatable bonds is 5. The van der Waals surface area contributed by atoms with Gasteiger partial charge < -0.3 is 4.74 Å². The summed E-state index contributed by atoms with van der Waals surface area (Å²) in [6.07, 6.45) is 1.89. The first-order chi connectivity index (χ1) is 9.84. The molecule has 1 aromatic carbocycles. The molecule has 2 rings (SSSR count). The van der Waals surface area contributed by atoms with Crippen molar-refractivity contribution < 1.29 is 13.2 Å². The Morgan fingerprint density at radius 2 is 1.90 bits per heavy atom. The minimum atomic E-state index is -3.40. The molecule has 1 fully saturated rings. The van der Waals surface area contributed by atoms with Gasteiger partial charge in [0.05, 0.1) is 11.0 Å². The van der Waals surface area contributed by atoms with Crippen LogP contribution < -0.4 is 4.74 Å². The predicted octanol–water partition coefficient (Wildman–Crippen LogP) is 3.28. The maximum absolute atomic E-state index is 12.8. The van der Waals surface area contributed by atoms with E-state index in [0.29, 0.717) is 23.1 Å². The van der Waals surface area contributed by atoms with Crippen molar-refractivity contribution in [1.82, 2.24) is 4.31 Å². The van der Waals surface area contributed by atoms with Gasteiger partial charge in [0, 0.05) is 12.6 Å². The Labute approximate surface area is 128 Å². The summed E-state index contributed by atoms with van der Waals surface area (Å²) < 4.78 is 32.8. The van der Waals surface area contributed by atoms with E-state index in [0.717, 1.165) is 12.8 Å². The van der Waals surface area contributed by atoms with Crippen LogP contribution in [0.3, 0.4) is 0 Å². The van der Waals surface area contributed by atoms with E-state index in [9.17, 15) is 8.42 Å². The molecule has 4 nitrogen and oxygen atoms in total. The van der Waals surface area contributed by atoms with Crippen LogP contribution in [0.4, 0.5) is 0 Å². The first-order valence-corrected chi connectivity index (χ1v) is 9.07. The third-order valence-electron chi connectivity index (χ3n) is 3.85. The molecule has 1 aromatic rings. The molecule has 0 aromatic heterocycles. The lowest BCUT2D eigenvalue weighted by Crippen LogP contribution is -2.35. The van der Waals surface area contributed by atoms with Crippen molar-refractivity contribution in [3.63, 3.8) is 0 Å². The lowest BCUT2D eigenvalue weighted by molar-refractivity contribution is 0.242. The highest BCUT2D eigenvalue weighted by molar-refractivity contribution is 7.89. The molecule has 1 saturated heterocycles. The van der Waals surface area contributed by atoms with E-state index in [-0.39, 0.29) is 12.1 Å². The molecule has 5 heteroatoms. The quantitative estimate of drug-likeness (QED) is 0.838. The molecule has 0 N–H and O–H groups in total. The second kappa shape index (κ2) is 6.36. The predicted molar refractivity (Wildman–Crippen MR) is 84.0 cm³/mol. The highest BCUT2D eigenvalue weighted by Gasteiger charge is 2.37. The van der Waals surface area contributed by atoms with E-state index in [2.05, 4.69) is 6.92 Å². The van der Waals surface area contributed by atoms with Gasteiger partial charge in [-0.25, -0.2) is 8.42 Å². The van der Waals surface area contributed by atoms with Crippen molar-refractivity contribution in [2.24, 2.45) is 5.92 Å². The van der Waals surface area contributed by atoms with Gasteiger partial charge in [-0.3, -0.25) is 0 Å². The standard InChI is InChI=1S/C16H25NO3S/c1-5-14-10-13(4)11-17(14)21(18,19)16-8-6-15(7-9-16)20-12(2)3/h6-9,12-14H,5,10-11H2,1-4H3/t13-,14-/m0/s1. The molecule has 0 spiro atoms. The molecule has 1 heterocycles. The van der Waals surface area contributed by atoms with Gasteiger partial charge in [-0.1, -0.05) is 13.8 Å². The topological polar surface area (TPSA) is 46.6 Å². The Hall–Kier alpha value is -1.07. The van der Waals surface area contributed by atoms with Crippen molar-refractivity contribution >= 4 is 10.0 Å². The number of hydrogen-bond acceptors (Lipinski definition) is 3. The van der Waals surface area contributed by atoms with E-state index in [1.54, 1.807) is 28.6 Å². The zero-order valence-corrected chi connectivity index (χ0v) is 14.1. The third-order valence-corrected chi connectivity index (χ3v) is 5.78. The van der Waals surface area contributed by atoms with Gasteiger partial charge in [0.1, 0.15) is 5.75 Å². The Morgan fingerprint density at radius 1 is 1.29 bits per heavy atom. The van der Waals surface area contributed by atoms with Crippen LogP contribution >= 0.6 is 0 Å². The molecular formula is C16H25NO3S. The van der Waals surface area contributed by atoms with Gasteiger partial charge in [0.15, 0.2) is 0 Å². The minimum absolute atomic E-state index is 0.0800. The summed E-state index contributed by atoms with van der Waals surface area (Å²) in [5.74, 6) is 1.12. The van der Waals surface area contributed by atoms with E-state index in [1.165, 1.54) is 0 Å². The van der Waals surface area contributed by atoms with E-state index in [1.807, 2.05) is 20.8 Å². The van der Waals surface area contributed by atoms with Crippen molar-refractivity contribution in [2.75, 3.05) is 6.54 Å². The molecule has 2 atom stereocenters. The number of nitrogens with zero attached hydrogens (tertiary/aromatic N) is 1. The van der Waals surface area contributed by atoms with Gasteiger partial charge in [0.25, 0.3) is 0 Å². The molecule has 21 heavy (non-hydrogen) atoms. The van der Waals surface area contributed by atoms with Crippen LogP contribution in [0.25, 0.3) is 0 Å². The number of ether oxygens (including phenoxy) is 1. The summed E-state index contributed by atoms with van der Waals surface area (Å²) in [4.78, 5) is 0.353. The van der Waals surface area contributed by atoms with Crippen LogP contribution in [0.2, 0.25) is 0 Å². The number of sulfonamides is 1. The third kappa shape index (κ3) is 3.58. The Morgan fingerprint density at radius 3 is 2.43 bits per heavy atom. The summed E-state index contributed by atoms with van der Waals surface area (Å²) >= 11 is 0. The van der Waals surface area contributed by atoms with Crippen LogP contribution in [0.1, 0.15) is 40.5 Å². The summed E-state index contributed by atoms with van der Waals surface area (Å²) in [7, 11) is -3.40. The summed E-state index contributed by atoms with van der Waals surface area (Å²) in [6, 6.07) is 6.86. The van der Waals surface area contributed by atoms with Gasteiger partial charge >= 0.3 is 0 Å². The summed E-state index contributed by atoms with van der Waals surface area (Å²) in [6.45, 7) is 8.66. The van der Waals surface area contributed by atoms with Crippen molar-refractivity contribution in [2.45, 2.75) is 57.6 Å². The molecule has 0 saturated carbocycles. The maximum Gasteiger partial charge on any atom is 0.243 e. The lowest BCUT2D eigenvalue weighted by Gasteiger charge is -2.23. The second-order valence-corrected chi connectivity index (χ2v) is 8.01.